The molecule has 0 unspecified atom stereocenters. The van der Waals surface area contributed by atoms with Crippen molar-refractivity contribution >= 4 is 17.7 Å². The van der Waals surface area contributed by atoms with Gasteiger partial charge < -0.3 is 5.32 Å². The van der Waals surface area contributed by atoms with Crippen LogP contribution in [0.5, 0.6) is 0 Å². The van der Waals surface area contributed by atoms with Gasteiger partial charge in [0.1, 0.15) is 0 Å². The second kappa shape index (κ2) is 8.16. The van der Waals surface area contributed by atoms with E-state index in [9.17, 15) is 4.79 Å². The summed E-state index contributed by atoms with van der Waals surface area (Å²) >= 11 is 1.87. The van der Waals surface area contributed by atoms with Gasteiger partial charge in [0, 0.05) is 24.2 Å². The number of rotatable bonds is 7. The van der Waals surface area contributed by atoms with Crippen LogP contribution in [-0.4, -0.2) is 28.9 Å². The van der Waals surface area contributed by atoms with Crippen LogP contribution >= 0.6 is 11.8 Å². The number of nitrogens with one attached hydrogen (secondary N) is 1. The molecule has 1 heterocycles. The van der Waals surface area contributed by atoms with E-state index in [1.165, 1.54) is 6.42 Å². The molecule has 3 nitrogen and oxygen atoms in total. The molecule has 0 atom stereocenters. The fourth-order valence-corrected chi connectivity index (χ4v) is 1.98. The van der Waals surface area contributed by atoms with E-state index < -0.39 is 0 Å². The van der Waals surface area contributed by atoms with Crippen molar-refractivity contribution in [3.63, 3.8) is 0 Å². The van der Waals surface area contributed by atoms with Crippen LogP contribution in [-0.2, 0) is 11.2 Å². The molecule has 16 heavy (non-hydrogen) atoms. The number of hydrogen-bond acceptors (Lipinski definition) is 3. The van der Waals surface area contributed by atoms with Crippen molar-refractivity contribution in [1.82, 2.24) is 10.3 Å². The van der Waals surface area contributed by atoms with Gasteiger partial charge in [0.2, 0.25) is 5.91 Å². The van der Waals surface area contributed by atoms with Crippen molar-refractivity contribution in [2.45, 2.75) is 19.8 Å². The molecule has 0 fully saturated rings. The summed E-state index contributed by atoms with van der Waals surface area (Å²) in [7, 11) is 0. The number of hydrogen-bond donors (Lipinski definition) is 1. The molecule has 1 aromatic heterocycles. The van der Waals surface area contributed by atoms with E-state index in [4.69, 9.17) is 0 Å². The lowest BCUT2D eigenvalue weighted by atomic mass is 10.2. The fourth-order valence-electron chi connectivity index (χ4n) is 1.24. The van der Waals surface area contributed by atoms with Gasteiger partial charge in [-0.15, -0.1) is 0 Å². The Hall–Kier alpha value is -1.03. The van der Waals surface area contributed by atoms with Gasteiger partial charge >= 0.3 is 0 Å². The molecule has 1 amide bonds. The lowest BCUT2D eigenvalue weighted by Crippen LogP contribution is -2.27. The average Bonchev–Trinajstić information content (AvgIpc) is 2.30. The summed E-state index contributed by atoms with van der Waals surface area (Å²) in [5.74, 6) is 2.20. The first-order valence-corrected chi connectivity index (χ1v) is 6.72. The predicted molar refractivity (Wildman–Crippen MR) is 68.6 cm³/mol. The number of pyridine rings is 1. The van der Waals surface area contributed by atoms with E-state index in [2.05, 4.69) is 17.2 Å². The van der Waals surface area contributed by atoms with Crippen molar-refractivity contribution in [3.05, 3.63) is 30.1 Å². The predicted octanol–water partition coefficient (Wildman–Crippen LogP) is 1.88. The first-order chi connectivity index (χ1) is 7.83. The number of thioether (sulfide) groups is 1. The zero-order valence-corrected chi connectivity index (χ0v) is 10.4. The van der Waals surface area contributed by atoms with Gasteiger partial charge in [-0.1, -0.05) is 13.0 Å². The Morgan fingerprint density at radius 2 is 2.31 bits per heavy atom. The van der Waals surface area contributed by atoms with Gasteiger partial charge in [0.15, 0.2) is 0 Å². The summed E-state index contributed by atoms with van der Waals surface area (Å²) in [5, 5.41) is 2.89. The third kappa shape index (κ3) is 5.75. The molecule has 1 aromatic rings. The molecule has 0 radical (unpaired) electrons. The third-order valence-corrected chi connectivity index (χ3v) is 3.17. The molecule has 0 saturated heterocycles. The fraction of sp³-hybridized carbons (Fsp3) is 0.500. The summed E-state index contributed by atoms with van der Waals surface area (Å²) in [6.45, 7) is 2.91. The van der Waals surface area contributed by atoms with Crippen LogP contribution in [0.2, 0.25) is 0 Å². The summed E-state index contributed by atoms with van der Waals surface area (Å²) < 4.78 is 0. The Morgan fingerprint density at radius 1 is 1.44 bits per heavy atom. The maximum absolute atomic E-state index is 11.5. The highest BCUT2D eigenvalue weighted by molar-refractivity contribution is 7.99. The number of aromatic nitrogens is 1. The number of carbonyl (C=O) groups excluding carboxylic acids is 1. The quantitative estimate of drug-likeness (QED) is 0.738. The van der Waals surface area contributed by atoms with E-state index in [-0.39, 0.29) is 5.91 Å². The van der Waals surface area contributed by atoms with E-state index in [1.807, 2.05) is 30.0 Å². The Kier molecular flexibility index (Phi) is 6.65. The molecular weight excluding hydrogens is 220 g/mol. The van der Waals surface area contributed by atoms with Crippen LogP contribution in [0.1, 0.15) is 19.0 Å². The Labute approximate surface area is 101 Å². The molecule has 0 aromatic carbocycles. The second-order valence-corrected chi connectivity index (χ2v) is 4.68. The van der Waals surface area contributed by atoms with Gasteiger partial charge in [-0.3, -0.25) is 9.78 Å². The minimum Gasteiger partial charge on any atom is -0.355 e. The van der Waals surface area contributed by atoms with Crippen molar-refractivity contribution in [3.8, 4) is 0 Å². The smallest absolute Gasteiger partial charge is 0.226 e. The van der Waals surface area contributed by atoms with Crippen molar-refractivity contribution in [2.24, 2.45) is 0 Å². The van der Waals surface area contributed by atoms with Gasteiger partial charge in [-0.2, -0.15) is 11.8 Å². The maximum Gasteiger partial charge on any atom is 0.226 e. The van der Waals surface area contributed by atoms with Crippen molar-refractivity contribution in [1.29, 1.82) is 0 Å². The SMILES string of the molecule is CCCSCCNC(=O)Cc1ccccn1. The molecule has 0 aliphatic rings. The van der Waals surface area contributed by atoms with Gasteiger partial charge in [0.25, 0.3) is 0 Å². The van der Waals surface area contributed by atoms with Crippen LogP contribution in [0.3, 0.4) is 0 Å². The summed E-state index contributed by atoms with van der Waals surface area (Å²) in [5.41, 5.74) is 0.821. The first-order valence-electron chi connectivity index (χ1n) is 5.57. The zero-order chi connectivity index (χ0) is 11.6. The highest BCUT2D eigenvalue weighted by atomic mass is 32.2. The highest BCUT2D eigenvalue weighted by Gasteiger charge is 2.02. The highest BCUT2D eigenvalue weighted by Crippen LogP contribution is 2.00. The average molecular weight is 238 g/mol. The molecule has 4 heteroatoms. The summed E-state index contributed by atoms with van der Waals surface area (Å²) in [6.07, 6.45) is 3.27. The topological polar surface area (TPSA) is 42.0 Å². The van der Waals surface area contributed by atoms with E-state index in [0.29, 0.717) is 6.42 Å². The standard InChI is InChI=1S/C12H18N2OS/c1-2-8-16-9-7-14-12(15)10-11-5-3-4-6-13-11/h3-6H,2,7-10H2,1H3,(H,14,15). The lowest BCUT2D eigenvalue weighted by molar-refractivity contribution is -0.120. The maximum atomic E-state index is 11.5. The Balaban J connectivity index is 2.12. The van der Waals surface area contributed by atoms with Gasteiger partial charge in [0.05, 0.1) is 6.42 Å². The van der Waals surface area contributed by atoms with Gasteiger partial charge in [-0.25, -0.2) is 0 Å². The molecular formula is C12H18N2OS. The number of nitrogens with zero attached hydrogens (tertiary/aromatic N) is 1. The lowest BCUT2D eigenvalue weighted by Gasteiger charge is -2.04. The molecule has 0 saturated carbocycles. The minimum atomic E-state index is 0.0517. The van der Waals surface area contributed by atoms with Crippen LogP contribution in [0.15, 0.2) is 24.4 Å². The van der Waals surface area contributed by atoms with E-state index in [0.717, 1.165) is 23.7 Å². The summed E-state index contributed by atoms with van der Waals surface area (Å²) in [6, 6.07) is 5.61. The number of amides is 1. The van der Waals surface area contributed by atoms with E-state index >= 15 is 0 Å². The molecule has 88 valence electrons. The zero-order valence-electron chi connectivity index (χ0n) is 9.61. The van der Waals surface area contributed by atoms with Gasteiger partial charge in [-0.05, 0) is 24.3 Å². The molecule has 0 aliphatic heterocycles. The largest absolute Gasteiger partial charge is 0.355 e. The monoisotopic (exact) mass is 238 g/mol. The molecule has 0 bridgehead atoms. The normalized spacial score (nSPS) is 10.1. The Bertz CT molecular complexity index is 303. The van der Waals surface area contributed by atoms with Crippen molar-refractivity contribution in [2.75, 3.05) is 18.1 Å². The first kappa shape index (κ1) is 13.0. The third-order valence-electron chi connectivity index (χ3n) is 1.98. The van der Waals surface area contributed by atoms with Crippen LogP contribution in [0.25, 0.3) is 0 Å². The molecule has 1 N–H and O–H groups in total. The van der Waals surface area contributed by atoms with E-state index in [1.54, 1.807) is 6.20 Å². The minimum absolute atomic E-state index is 0.0517. The molecule has 0 spiro atoms. The van der Waals surface area contributed by atoms with Crippen LogP contribution < -0.4 is 5.32 Å². The summed E-state index contributed by atoms with van der Waals surface area (Å²) in [4.78, 5) is 15.6. The number of carbonyl (C=O) groups is 1. The molecule has 1 rings (SSSR count). The second-order valence-electron chi connectivity index (χ2n) is 3.46. The van der Waals surface area contributed by atoms with Crippen LogP contribution in [0, 0.1) is 0 Å². The van der Waals surface area contributed by atoms with Crippen molar-refractivity contribution < 1.29 is 4.79 Å². The van der Waals surface area contributed by atoms with Crippen LogP contribution in [0.4, 0.5) is 0 Å². The Morgan fingerprint density at radius 3 is 3.00 bits per heavy atom. The molecule has 0 aliphatic carbocycles.